The van der Waals surface area contributed by atoms with Crippen molar-refractivity contribution in [2.75, 3.05) is 33.1 Å². The first-order valence-electron chi connectivity index (χ1n) is 16.0. The number of hydrogen-bond donors (Lipinski definition) is 2. The molecule has 0 saturated carbocycles. The monoisotopic (exact) mass is 741 g/mol. The van der Waals surface area contributed by atoms with Gasteiger partial charge in [0.1, 0.15) is 11.9 Å². The molecule has 0 aliphatic carbocycles. The summed E-state index contributed by atoms with van der Waals surface area (Å²) in [6.45, 7) is 3.73. The van der Waals surface area contributed by atoms with Crippen LogP contribution in [0.5, 0.6) is 23.1 Å². The Morgan fingerprint density at radius 3 is 2.51 bits per heavy atom. The minimum absolute atomic E-state index is 0.0225. The van der Waals surface area contributed by atoms with Gasteiger partial charge >= 0.3 is 6.09 Å². The number of carbonyl (C=O) groups excluding carboxylic acids is 1. The third-order valence-electron chi connectivity index (χ3n) is 8.50. The van der Waals surface area contributed by atoms with E-state index in [4.69, 9.17) is 28.4 Å². The number of carbonyl (C=O) groups is 1. The van der Waals surface area contributed by atoms with E-state index in [1.807, 2.05) is 13.8 Å². The number of aliphatic hydroxyl groups excluding tert-OH is 1. The van der Waals surface area contributed by atoms with Gasteiger partial charge in [-0.2, -0.15) is 22.5 Å². The van der Waals surface area contributed by atoms with Gasteiger partial charge in [0.2, 0.25) is 34.3 Å². The minimum atomic E-state index is -4.19. The zero-order chi connectivity index (χ0) is 36.4. The predicted molar refractivity (Wildman–Crippen MR) is 167 cm³/mol. The van der Waals surface area contributed by atoms with Gasteiger partial charge in [-0.25, -0.2) is 17.6 Å². The van der Waals surface area contributed by atoms with Crippen LogP contribution in [0.3, 0.4) is 0 Å². The Bertz CT molecular complexity index is 1850. The van der Waals surface area contributed by atoms with Crippen molar-refractivity contribution < 1.29 is 64.3 Å². The number of amides is 1. The highest BCUT2D eigenvalue weighted by Crippen LogP contribution is 2.36. The number of halogens is 4. The molecule has 3 aliphatic rings. The molecule has 51 heavy (non-hydrogen) atoms. The van der Waals surface area contributed by atoms with Gasteiger partial charge in [0.05, 0.1) is 36.2 Å². The maximum atomic E-state index is 14.1. The molecule has 276 valence electrons. The van der Waals surface area contributed by atoms with Crippen LogP contribution in [0.4, 0.5) is 22.4 Å². The Morgan fingerprint density at radius 1 is 1.02 bits per heavy atom. The summed E-state index contributed by atoms with van der Waals surface area (Å²) >= 11 is 0. The van der Waals surface area contributed by atoms with Gasteiger partial charge in [0, 0.05) is 19.2 Å². The first kappa shape index (κ1) is 36.6. The van der Waals surface area contributed by atoms with Crippen molar-refractivity contribution in [1.82, 2.24) is 14.6 Å². The average Bonchev–Trinajstić information content (AvgIpc) is 3.85. The Labute approximate surface area is 290 Å². The minimum Gasteiger partial charge on any atom is -0.454 e. The van der Waals surface area contributed by atoms with Crippen LogP contribution in [-0.4, -0.2) is 86.5 Å². The summed E-state index contributed by atoms with van der Waals surface area (Å²) in [6, 6.07) is 8.57. The summed E-state index contributed by atoms with van der Waals surface area (Å²) in [5.74, 6) is -8.80. The number of alkyl carbamates (subject to hydrolysis) is 1. The van der Waals surface area contributed by atoms with Crippen LogP contribution in [0.15, 0.2) is 47.4 Å². The quantitative estimate of drug-likeness (QED) is 0.191. The topological polar surface area (TPSA) is 155 Å². The van der Waals surface area contributed by atoms with Gasteiger partial charge in [-0.1, -0.05) is 26.0 Å². The van der Waals surface area contributed by atoms with Crippen LogP contribution in [0, 0.1) is 35.2 Å². The number of nitrogens with zero attached hydrogens (tertiary/aromatic N) is 2. The molecule has 6 rings (SSSR count). The maximum absolute atomic E-state index is 14.1. The second kappa shape index (κ2) is 15.2. The average molecular weight is 742 g/mol. The second-order valence-corrected chi connectivity index (χ2v) is 14.6. The lowest BCUT2D eigenvalue weighted by molar-refractivity contribution is -0.0907. The summed E-state index contributed by atoms with van der Waals surface area (Å²) in [6.07, 6.45) is -2.90. The standard InChI is InChI=1S/C33H35F4N3O10S/c1-17(2)13-40(51(43,44)20-7-8-24-25(12-20)48-16-47-24)14-23(41)22(38-33(42)50-26-15-46-32-21(26)9-10-45-32)11-18-3-5-19(6-4-18)49-31-29(36)27(34)28(35)30(37)39-31/h3-8,12,17,21-23,26,32,41H,9-11,13-16H2,1-2H3,(H,38,42)/t21?,22-,23+,26?,32?/m0/s1. The molecule has 3 aromatic rings. The van der Waals surface area contributed by atoms with Gasteiger partial charge in [0.15, 0.2) is 17.8 Å². The number of sulfonamides is 1. The first-order chi connectivity index (χ1) is 24.3. The zero-order valence-corrected chi connectivity index (χ0v) is 28.2. The Morgan fingerprint density at radius 2 is 1.76 bits per heavy atom. The Hall–Kier alpha value is -4.23. The molecule has 0 bridgehead atoms. The number of hydrogen-bond acceptors (Lipinski definition) is 11. The van der Waals surface area contributed by atoms with Crippen molar-refractivity contribution in [3.63, 3.8) is 0 Å². The molecule has 2 saturated heterocycles. The molecule has 13 nitrogen and oxygen atoms in total. The van der Waals surface area contributed by atoms with Crippen LogP contribution in [0.1, 0.15) is 25.8 Å². The van der Waals surface area contributed by atoms with E-state index >= 15 is 0 Å². The lowest BCUT2D eigenvalue weighted by Crippen LogP contribution is -2.51. The highest BCUT2D eigenvalue weighted by Gasteiger charge is 2.44. The molecular formula is C33H35F4N3O10S. The molecule has 5 atom stereocenters. The lowest BCUT2D eigenvalue weighted by Gasteiger charge is -2.31. The fourth-order valence-corrected chi connectivity index (χ4v) is 7.59. The molecule has 4 heterocycles. The number of rotatable bonds is 13. The first-order valence-corrected chi connectivity index (χ1v) is 17.5. The van der Waals surface area contributed by atoms with Crippen molar-refractivity contribution in [1.29, 1.82) is 0 Å². The van der Waals surface area contributed by atoms with E-state index in [1.54, 1.807) is 0 Å². The second-order valence-electron chi connectivity index (χ2n) is 12.6. The SMILES string of the molecule is CC(C)CN(C[C@@H](O)[C@H](Cc1ccc(Oc2nc(F)c(F)c(F)c2F)cc1)NC(=O)OC1COC2OCCC12)S(=O)(=O)c1ccc2c(c1)OCO2. The van der Waals surface area contributed by atoms with E-state index in [9.17, 15) is 35.9 Å². The van der Waals surface area contributed by atoms with Gasteiger partial charge in [0.25, 0.3) is 11.8 Å². The van der Waals surface area contributed by atoms with Crippen LogP contribution < -0.4 is 19.5 Å². The number of pyridine rings is 1. The van der Waals surface area contributed by atoms with Crippen molar-refractivity contribution in [2.24, 2.45) is 11.8 Å². The molecule has 2 aromatic carbocycles. The summed E-state index contributed by atoms with van der Waals surface area (Å²) in [7, 11) is -4.19. The molecule has 2 fully saturated rings. The maximum Gasteiger partial charge on any atom is 0.407 e. The summed E-state index contributed by atoms with van der Waals surface area (Å²) < 4.78 is 116. The van der Waals surface area contributed by atoms with Crippen LogP contribution in [0.25, 0.3) is 0 Å². The molecule has 18 heteroatoms. The van der Waals surface area contributed by atoms with Crippen molar-refractivity contribution >= 4 is 16.1 Å². The fourth-order valence-electron chi connectivity index (χ4n) is 5.95. The normalized spacial score (nSPS) is 20.8. The molecule has 0 spiro atoms. The predicted octanol–water partition coefficient (Wildman–Crippen LogP) is 4.27. The van der Waals surface area contributed by atoms with E-state index < -0.39 is 76.5 Å². The molecule has 1 amide bonds. The molecule has 3 aliphatic heterocycles. The third-order valence-corrected chi connectivity index (χ3v) is 10.3. The van der Waals surface area contributed by atoms with Crippen LogP contribution in [0.2, 0.25) is 0 Å². The van der Waals surface area contributed by atoms with Crippen LogP contribution >= 0.6 is 0 Å². The number of aliphatic hydroxyl groups is 1. The smallest absolute Gasteiger partial charge is 0.407 e. The van der Waals surface area contributed by atoms with Gasteiger partial charge in [-0.15, -0.1) is 0 Å². The number of benzene rings is 2. The van der Waals surface area contributed by atoms with Crippen molar-refractivity contribution in [2.45, 2.75) is 56.1 Å². The highest BCUT2D eigenvalue weighted by molar-refractivity contribution is 7.89. The van der Waals surface area contributed by atoms with Crippen molar-refractivity contribution in [3.05, 3.63) is 71.4 Å². The molecule has 3 unspecified atom stereocenters. The molecule has 2 N–H and O–H groups in total. The lowest BCUT2D eigenvalue weighted by atomic mass is 10.0. The Kier molecular flexibility index (Phi) is 10.9. The summed E-state index contributed by atoms with van der Waals surface area (Å²) in [5.41, 5.74) is 0.471. The largest absolute Gasteiger partial charge is 0.454 e. The van der Waals surface area contributed by atoms with E-state index in [0.717, 1.165) is 4.31 Å². The van der Waals surface area contributed by atoms with Crippen LogP contribution in [-0.2, 0) is 30.7 Å². The van der Waals surface area contributed by atoms with Crippen molar-refractivity contribution in [3.8, 4) is 23.1 Å². The summed E-state index contributed by atoms with van der Waals surface area (Å²) in [4.78, 5) is 16.1. The van der Waals surface area contributed by atoms with Gasteiger partial charge in [-0.3, -0.25) is 0 Å². The number of ether oxygens (including phenoxy) is 6. The van der Waals surface area contributed by atoms with Gasteiger partial charge in [-0.05, 0) is 48.6 Å². The molecule has 1 aromatic heterocycles. The number of fused-ring (bicyclic) bond motifs is 2. The van der Waals surface area contributed by atoms with E-state index in [-0.39, 0.29) is 54.6 Å². The molecular weight excluding hydrogens is 706 g/mol. The Balaban J connectivity index is 1.21. The number of nitrogens with one attached hydrogen (secondary N) is 1. The fraction of sp³-hybridized carbons (Fsp3) is 0.455. The third kappa shape index (κ3) is 8.14. The zero-order valence-electron chi connectivity index (χ0n) is 27.4. The van der Waals surface area contributed by atoms with E-state index in [1.165, 1.54) is 42.5 Å². The van der Waals surface area contributed by atoms with E-state index in [0.29, 0.717) is 24.3 Å². The highest BCUT2D eigenvalue weighted by atomic mass is 32.2. The van der Waals surface area contributed by atoms with E-state index in [2.05, 4.69) is 10.3 Å². The number of aromatic nitrogens is 1. The summed E-state index contributed by atoms with van der Waals surface area (Å²) in [5, 5.41) is 14.3. The molecule has 0 radical (unpaired) electrons. The van der Waals surface area contributed by atoms with Gasteiger partial charge < -0.3 is 38.8 Å².